The van der Waals surface area contributed by atoms with Gasteiger partial charge in [0.1, 0.15) is 17.1 Å². The molecule has 0 bridgehead atoms. The Labute approximate surface area is 292 Å². The number of fused-ring (bicyclic) bond motifs is 1. The van der Waals surface area contributed by atoms with Crippen molar-refractivity contribution in [3.05, 3.63) is 22.3 Å². The van der Waals surface area contributed by atoms with E-state index in [0.717, 1.165) is 65.5 Å². The normalized spacial score (nSPS) is 20.6. The summed E-state index contributed by atoms with van der Waals surface area (Å²) in [4.78, 5) is 53.8. The van der Waals surface area contributed by atoms with Crippen LogP contribution in [0.4, 0.5) is 0 Å². The molecule has 0 saturated carbocycles. The molecule has 0 radical (unpaired) electrons. The fraction of sp³-hybridized carbons (Fsp3) is 0.730. The third-order valence-electron chi connectivity index (χ3n) is 10.2. The molecule has 1 N–H and O–H groups in total. The van der Waals surface area contributed by atoms with Gasteiger partial charge < -0.3 is 14.3 Å². The second-order valence-electron chi connectivity index (χ2n) is 15.1. The first kappa shape index (κ1) is 40.4. The van der Waals surface area contributed by atoms with Crippen molar-refractivity contribution in [3.8, 4) is 11.5 Å². The predicted molar refractivity (Wildman–Crippen MR) is 185 cm³/mol. The first-order valence-corrected chi connectivity index (χ1v) is 19.4. The fourth-order valence-corrected chi connectivity index (χ4v) is 7.54. The molecule has 2 heterocycles. The van der Waals surface area contributed by atoms with Crippen LogP contribution in [-0.4, -0.2) is 52.6 Å². The number of hydrogen-bond acceptors (Lipinski definition) is 9. The summed E-state index contributed by atoms with van der Waals surface area (Å²) < 4.78 is 44.1. The quantitative estimate of drug-likeness (QED) is 0.0712. The Hall–Kier alpha value is -2.99. The predicted octanol–water partition coefficient (Wildman–Crippen LogP) is 7.29. The van der Waals surface area contributed by atoms with Gasteiger partial charge in [-0.15, -0.1) is 5.06 Å². The number of esters is 1. The molecule has 1 fully saturated rings. The molecular weight excluding hydrogens is 650 g/mol. The average Bonchev–Trinajstić information content (AvgIpc) is 3.29. The molecule has 4 atom stereocenters. The van der Waals surface area contributed by atoms with E-state index in [1.54, 1.807) is 0 Å². The van der Waals surface area contributed by atoms with Crippen LogP contribution in [0.3, 0.4) is 0 Å². The van der Waals surface area contributed by atoms with Crippen molar-refractivity contribution in [2.45, 2.75) is 156 Å². The van der Waals surface area contributed by atoms with E-state index in [-0.39, 0.29) is 10.7 Å². The van der Waals surface area contributed by atoms with Gasteiger partial charge in [-0.2, -0.15) is 8.42 Å². The SMILES string of the molecule is Cc1c(C)c2c(c(C)c1OC(=O)CCC(=O)ON1C(=O)C[C@H](S(=O)(=O)O)C1=O)CC[C@@](C)(CCC[C@H](C)CCC[C@H](C)CCCC(C)C)O2. The summed E-state index contributed by atoms with van der Waals surface area (Å²) in [5.74, 6) is -0.737. The summed E-state index contributed by atoms with van der Waals surface area (Å²) in [6.07, 6.45) is 11.0. The zero-order valence-electron chi connectivity index (χ0n) is 30.7. The molecule has 2 amide bonds. The number of benzene rings is 1. The van der Waals surface area contributed by atoms with Crippen LogP contribution < -0.4 is 9.47 Å². The van der Waals surface area contributed by atoms with Gasteiger partial charge in [0, 0.05) is 5.56 Å². The zero-order valence-corrected chi connectivity index (χ0v) is 31.5. The van der Waals surface area contributed by atoms with Gasteiger partial charge in [0.2, 0.25) is 0 Å². The van der Waals surface area contributed by atoms with E-state index in [9.17, 15) is 27.6 Å². The zero-order chi connectivity index (χ0) is 36.7. The number of amides is 2. The third-order valence-corrected chi connectivity index (χ3v) is 11.3. The van der Waals surface area contributed by atoms with Crippen molar-refractivity contribution in [3.63, 3.8) is 0 Å². The first-order valence-electron chi connectivity index (χ1n) is 17.9. The maximum absolute atomic E-state index is 12.8. The molecule has 12 heteroatoms. The third kappa shape index (κ3) is 11.3. The first-order chi connectivity index (χ1) is 22.8. The topological polar surface area (TPSA) is 154 Å². The Morgan fingerprint density at radius 3 is 2.04 bits per heavy atom. The number of imide groups is 1. The van der Waals surface area contributed by atoms with Gasteiger partial charge in [-0.3, -0.25) is 18.9 Å². The standard InChI is InChI=1S/C37H57NO10S/c1-23(2)12-9-13-24(3)14-10-15-25(4)16-11-20-37(8)21-19-29-28(7)34(26(5)27(6)35(29)47-37)46-32(40)17-18-33(41)48-38-31(39)22-30(36(38)42)49(43,44)45/h23-25,30H,9-22H2,1-8H3,(H,43,44,45)/t24-,25-,30+,37-/m1/s1. The Balaban J connectivity index is 1.49. The molecule has 1 saturated heterocycles. The molecule has 11 nitrogen and oxygen atoms in total. The molecule has 3 rings (SSSR count). The molecule has 0 aliphatic carbocycles. The van der Waals surface area contributed by atoms with Crippen LogP contribution in [0.5, 0.6) is 11.5 Å². The Morgan fingerprint density at radius 1 is 0.898 bits per heavy atom. The van der Waals surface area contributed by atoms with Crippen LogP contribution in [0, 0.1) is 38.5 Å². The minimum atomic E-state index is -4.84. The van der Waals surface area contributed by atoms with Gasteiger partial charge >= 0.3 is 11.9 Å². The fourth-order valence-electron chi connectivity index (χ4n) is 6.84. The lowest BCUT2D eigenvalue weighted by Crippen LogP contribution is -2.37. The molecule has 1 aromatic rings. The Morgan fingerprint density at radius 2 is 1.47 bits per heavy atom. The lowest BCUT2D eigenvalue weighted by Gasteiger charge is -2.38. The van der Waals surface area contributed by atoms with Gasteiger partial charge in [-0.1, -0.05) is 72.6 Å². The number of rotatable bonds is 18. The highest BCUT2D eigenvalue weighted by molar-refractivity contribution is 7.87. The van der Waals surface area contributed by atoms with E-state index in [2.05, 4.69) is 34.6 Å². The van der Waals surface area contributed by atoms with Crippen LogP contribution >= 0.6 is 0 Å². The van der Waals surface area contributed by atoms with Crippen molar-refractivity contribution >= 4 is 33.9 Å². The second-order valence-corrected chi connectivity index (χ2v) is 16.7. The molecule has 0 unspecified atom stereocenters. The van der Waals surface area contributed by atoms with Crippen LogP contribution in [0.2, 0.25) is 0 Å². The molecule has 276 valence electrons. The lowest BCUT2D eigenvalue weighted by molar-refractivity contribution is -0.197. The molecule has 49 heavy (non-hydrogen) atoms. The largest absolute Gasteiger partial charge is 0.487 e. The van der Waals surface area contributed by atoms with Gasteiger partial charge in [0.25, 0.3) is 21.9 Å². The van der Waals surface area contributed by atoms with Crippen LogP contribution in [0.15, 0.2) is 0 Å². The van der Waals surface area contributed by atoms with E-state index in [1.165, 1.54) is 44.9 Å². The maximum atomic E-state index is 12.8. The number of hydroxylamine groups is 2. The average molecular weight is 708 g/mol. The van der Waals surface area contributed by atoms with E-state index >= 15 is 0 Å². The van der Waals surface area contributed by atoms with Gasteiger partial charge in [0.05, 0.1) is 19.3 Å². The monoisotopic (exact) mass is 707 g/mol. The summed E-state index contributed by atoms with van der Waals surface area (Å²) in [7, 11) is -4.84. The van der Waals surface area contributed by atoms with E-state index < -0.39 is 58.4 Å². The van der Waals surface area contributed by atoms with Gasteiger partial charge in [0.15, 0.2) is 5.25 Å². The van der Waals surface area contributed by atoms with Gasteiger partial charge in [-0.05, 0) is 87.8 Å². The lowest BCUT2D eigenvalue weighted by atomic mass is 9.83. The van der Waals surface area contributed by atoms with E-state index in [4.69, 9.17) is 18.9 Å². The highest BCUT2D eigenvalue weighted by Crippen LogP contribution is 2.45. The van der Waals surface area contributed by atoms with Crippen LogP contribution in [-0.2, 0) is 40.6 Å². The summed E-state index contributed by atoms with van der Waals surface area (Å²) >= 11 is 0. The second kappa shape index (κ2) is 17.3. The number of carbonyl (C=O) groups excluding carboxylic acids is 4. The number of nitrogens with zero attached hydrogens (tertiary/aromatic N) is 1. The van der Waals surface area contributed by atoms with E-state index in [1.807, 2.05) is 20.8 Å². The molecule has 1 aromatic carbocycles. The highest BCUT2D eigenvalue weighted by Gasteiger charge is 2.48. The van der Waals surface area contributed by atoms with Crippen LogP contribution in [0.1, 0.15) is 140 Å². The summed E-state index contributed by atoms with van der Waals surface area (Å²) in [6, 6.07) is 0. The number of carbonyl (C=O) groups is 4. The maximum Gasteiger partial charge on any atom is 0.333 e. The van der Waals surface area contributed by atoms with Gasteiger partial charge in [-0.25, -0.2) is 4.79 Å². The highest BCUT2D eigenvalue weighted by atomic mass is 32.2. The van der Waals surface area contributed by atoms with Crippen molar-refractivity contribution in [1.29, 1.82) is 0 Å². The van der Waals surface area contributed by atoms with Crippen molar-refractivity contribution in [2.24, 2.45) is 17.8 Å². The van der Waals surface area contributed by atoms with Crippen molar-refractivity contribution in [2.75, 3.05) is 0 Å². The van der Waals surface area contributed by atoms with E-state index in [0.29, 0.717) is 11.7 Å². The van der Waals surface area contributed by atoms with Crippen LogP contribution in [0.25, 0.3) is 0 Å². The summed E-state index contributed by atoms with van der Waals surface area (Å²) in [6.45, 7) is 17.2. The summed E-state index contributed by atoms with van der Waals surface area (Å²) in [5.41, 5.74) is 3.17. The number of hydrogen-bond donors (Lipinski definition) is 1. The number of ether oxygens (including phenoxy) is 2. The molecule has 0 aromatic heterocycles. The minimum absolute atomic E-state index is 0.0134. The van der Waals surface area contributed by atoms with Crippen molar-refractivity contribution in [1.82, 2.24) is 5.06 Å². The minimum Gasteiger partial charge on any atom is -0.487 e. The molecule has 2 aliphatic rings. The summed E-state index contributed by atoms with van der Waals surface area (Å²) in [5, 5.41) is -2.01. The smallest absolute Gasteiger partial charge is 0.333 e. The van der Waals surface area contributed by atoms with Crippen molar-refractivity contribution < 1.29 is 46.5 Å². The Kier molecular flexibility index (Phi) is 14.3. The molecular formula is C37H57NO10S. The Bertz CT molecular complexity index is 1490. The molecule has 2 aliphatic heterocycles. The molecule has 0 spiro atoms.